The second kappa shape index (κ2) is 4.91. The number of alkyl halides is 1. The van der Waals surface area contributed by atoms with E-state index < -0.39 is 11.7 Å². The third-order valence-corrected chi connectivity index (χ3v) is 3.30. The number of amides is 2. The van der Waals surface area contributed by atoms with Gasteiger partial charge in [0, 0.05) is 17.3 Å². The maximum atomic E-state index is 13.2. The van der Waals surface area contributed by atoms with E-state index in [-0.39, 0.29) is 11.8 Å². The van der Waals surface area contributed by atoms with Gasteiger partial charge < -0.3 is 0 Å². The van der Waals surface area contributed by atoms with Crippen LogP contribution in [0, 0.1) is 5.82 Å². The zero-order valence-corrected chi connectivity index (χ0v) is 10.5. The molecule has 1 aromatic heterocycles. The number of rotatable bonds is 2. The van der Waals surface area contributed by atoms with Gasteiger partial charge in [0.15, 0.2) is 0 Å². The Labute approximate surface area is 106 Å². The fraction of sp³-hybridized carbons (Fsp3) is 0.364. The summed E-state index contributed by atoms with van der Waals surface area (Å²) in [4.78, 5) is 26.5. The molecular weight excluding hydrogens is 291 g/mol. The van der Waals surface area contributed by atoms with E-state index in [0.29, 0.717) is 29.4 Å². The topological polar surface area (TPSA) is 59.1 Å². The molecular formula is C11H10BrFN2O2. The molecule has 0 aliphatic carbocycles. The summed E-state index contributed by atoms with van der Waals surface area (Å²) >= 11 is 3.17. The Morgan fingerprint density at radius 2 is 2.29 bits per heavy atom. The number of hydrogen-bond acceptors (Lipinski definition) is 3. The van der Waals surface area contributed by atoms with Crippen molar-refractivity contribution in [1.29, 1.82) is 0 Å². The minimum atomic E-state index is -0.467. The molecule has 17 heavy (non-hydrogen) atoms. The van der Waals surface area contributed by atoms with E-state index in [1.165, 1.54) is 0 Å². The molecule has 2 amide bonds. The van der Waals surface area contributed by atoms with Crippen molar-refractivity contribution in [2.75, 3.05) is 0 Å². The van der Waals surface area contributed by atoms with Gasteiger partial charge in [-0.2, -0.15) is 0 Å². The SMILES string of the molecule is O=C1CCC(c2cc(CBr)c(F)cn2)C(=O)N1. The second-order valence-electron chi connectivity index (χ2n) is 3.84. The molecule has 1 saturated heterocycles. The van der Waals surface area contributed by atoms with Crippen molar-refractivity contribution in [1.82, 2.24) is 10.3 Å². The molecule has 1 atom stereocenters. The molecule has 2 rings (SSSR count). The first kappa shape index (κ1) is 12.2. The highest BCUT2D eigenvalue weighted by Gasteiger charge is 2.29. The first-order valence-electron chi connectivity index (χ1n) is 5.16. The highest BCUT2D eigenvalue weighted by Crippen LogP contribution is 2.25. The molecule has 0 saturated carbocycles. The minimum Gasteiger partial charge on any atom is -0.296 e. The first-order valence-corrected chi connectivity index (χ1v) is 6.28. The summed E-state index contributed by atoms with van der Waals surface area (Å²) in [6.07, 6.45) is 1.82. The average molecular weight is 301 g/mol. The number of piperidine rings is 1. The Morgan fingerprint density at radius 3 is 2.94 bits per heavy atom. The molecule has 0 bridgehead atoms. The van der Waals surface area contributed by atoms with Crippen molar-refractivity contribution in [2.24, 2.45) is 0 Å². The van der Waals surface area contributed by atoms with Gasteiger partial charge in [-0.05, 0) is 12.5 Å². The normalized spacial score (nSPS) is 20.2. The van der Waals surface area contributed by atoms with Crippen molar-refractivity contribution in [2.45, 2.75) is 24.1 Å². The molecule has 1 fully saturated rings. The molecule has 0 spiro atoms. The first-order chi connectivity index (χ1) is 8.11. The van der Waals surface area contributed by atoms with Crippen LogP contribution in [0.2, 0.25) is 0 Å². The Hall–Kier alpha value is -1.30. The lowest BCUT2D eigenvalue weighted by Gasteiger charge is -2.20. The number of pyridine rings is 1. The summed E-state index contributed by atoms with van der Waals surface area (Å²) in [7, 11) is 0. The number of halogens is 2. The van der Waals surface area contributed by atoms with Crippen LogP contribution >= 0.6 is 15.9 Å². The molecule has 2 heterocycles. The number of imide groups is 1. The van der Waals surface area contributed by atoms with Gasteiger partial charge in [-0.3, -0.25) is 19.9 Å². The fourth-order valence-electron chi connectivity index (χ4n) is 1.77. The van der Waals surface area contributed by atoms with Crippen LogP contribution in [0.25, 0.3) is 0 Å². The van der Waals surface area contributed by atoms with E-state index in [0.717, 1.165) is 6.20 Å². The predicted molar refractivity (Wildman–Crippen MR) is 62.0 cm³/mol. The van der Waals surface area contributed by atoms with E-state index >= 15 is 0 Å². The summed E-state index contributed by atoms with van der Waals surface area (Å²) in [6.45, 7) is 0. The van der Waals surface area contributed by atoms with Crippen LogP contribution in [0.3, 0.4) is 0 Å². The molecule has 1 aliphatic rings. The van der Waals surface area contributed by atoms with Crippen LogP contribution in [-0.4, -0.2) is 16.8 Å². The van der Waals surface area contributed by atoms with E-state index in [1.54, 1.807) is 6.07 Å². The Kier molecular flexibility index (Phi) is 3.51. The van der Waals surface area contributed by atoms with Gasteiger partial charge in [-0.25, -0.2) is 4.39 Å². The van der Waals surface area contributed by atoms with E-state index in [2.05, 4.69) is 26.2 Å². The maximum absolute atomic E-state index is 13.2. The van der Waals surface area contributed by atoms with E-state index in [9.17, 15) is 14.0 Å². The zero-order valence-electron chi connectivity index (χ0n) is 8.87. The Balaban J connectivity index is 2.28. The van der Waals surface area contributed by atoms with Crippen molar-refractivity contribution < 1.29 is 14.0 Å². The monoisotopic (exact) mass is 300 g/mol. The van der Waals surface area contributed by atoms with Crippen LogP contribution in [0.1, 0.15) is 30.0 Å². The van der Waals surface area contributed by atoms with Gasteiger partial charge in [-0.15, -0.1) is 0 Å². The van der Waals surface area contributed by atoms with Gasteiger partial charge >= 0.3 is 0 Å². The Bertz CT molecular complexity index is 479. The molecule has 6 heteroatoms. The summed E-state index contributed by atoms with van der Waals surface area (Å²) in [5.41, 5.74) is 0.963. The van der Waals surface area contributed by atoms with Crippen molar-refractivity contribution >= 4 is 27.7 Å². The van der Waals surface area contributed by atoms with E-state index in [1.807, 2.05) is 0 Å². The highest BCUT2D eigenvalue weighted by molar-refractivity contribution is 9.08. The van der Waals surface area contributed by atoms with Crippen molar-refractivity contribution in [3.8, 4) is 0 Å². The quantitative estimate of drug-likeness (QED) is 0.667. The third-order valence-electron chi connectivity index (χ3n) is 2.70. The molecule has 4 nitrogen and oxygen atoms in total. The lowest BCUT2D eigenvalue weighted by atomic mass is 9.93. The van der Waals surface area contributed by atoms with Gasteiger partial charge in [0.25, 0.3) is 0 Å². The van der Waals surface area contributed by atoms with Crippen LogP contribution < -0.4 is 5.32 Å². The van der Waals surface area contributed by atoms with Crippen LogP contribution in [0.5, 0.6) is 0 Å². The van der Waals surface area contributed by atoms with Gasteiger partial charge in [0.1, 0.15) is 5.82 Å². The highest BCUT2D eigenvalue weighted by atomic mass is 79.9. The molecule has 0 radical (unpaired) electrons. The summed E-state index contributed by atoms with van der Waals surface area (Å²) in [5, 5.41) is 2.62. The fourth-order valence-corrected chi connectivity index (χ4v) is 2.20. The van der Waals surface area contributed by atoms with E-state index in [4.69, 9.17) is 0 Å². The van der Waals surface area contributed by atoms with Gasteiger partial charge in [-0.1, -0.05) is 15.9 Å². The third kappa shape index (κ3) is 2.52. The molecule has 0 aromatic carbocycles. The second-order valence-corrected chi connectivity index (χ2v) is 4.40. The van der Waals surface area contributed by atoms with Gasteiger partial charge in [0.05, 0.1) is 17.8 Å². The summed E-state index contributed by atoms with van der Waals surface area (Å²) in [6, 6.07) is 1.56. The number of nitrogens with zero attached hydrogens (tertiary/aromatic N) is 1. The number of nitrogens with one attached hydrogen (secondary N) is 1. The number of carbonyl (C=O) groups excluding carboxylic acids is 2. The Morgan fingerprint density at radius 1 is 1.53 bits per heavy atom. The lowest BCUT2D eigenvalue weighted by Crippen LogP contribution is -2.39. The smallest absolute Gasteiger partial charge is 0.235 e. The molecule has 1 N–H and O–H groups in total. The summed E-state index contributed by atoms with van der Waals surface area (Å²) in [5.74, 6) is -1.50. The predicted octanol–water partition coefficient (Wildman–Crippen LogP) is 1.64. The zero-order chi connectivity index (χ0) is 12.4. The average Bonchev–Trinajstić information content (AvgIpc) is 2.30. The number of aromatic nitrogens is 1. The van der Waals surface area contributed by atoms with Crippen molar-refractivity contribution in [3.05, 3.63) is 29.3 Å². The molecule has 1 unspecified atom stereocenters. The summed E-state index contributed by atoms with van der Waals surface area (Å²) < 4.78 is 13.2. The van der Waals surface area contributed by atoms with Gasteiger partial charge in [0.2, 0.25) is 11.8 Å². The molecule has 90 valence electrons. The van der Waals surface area contributed by atoms with Crippen LogP contribution in [0.15, 0.2) is 12.3 Å². The largest absolute Gasteiger partial charge is 0.296 e. The van der Waals surface area contributed by atoms with Crippen LogP contribution in [0.4, 0.5) is 4.39 Å². The lowest BCUT2D eigenvalue weighted by molar-refractivity contribution is -0.134. The minimum absolute atomic E-state index is 0.269. The standard InChI is InChI=1S/C11H10BrFN2O2/c12-4-6-3-9(14-5-8(6)13)7-1-2-10(16)15-11(7)17/h3,5,7H,1-2,4H2,(H,15,16,17). The molecule has 1 aromatic rings. The van der Waals surface area contributed by atoms with Crippen LogP contribution in [-0.2, 0) is 14.9 Å². The molecule has 1 aliphatic heterocycles. The van der Waals surface area contributed by atoms with Crippen molar-refractivity contribution in [3.63, 3.8) is 0 Å². The number of carbonyl (C=O) groups is 2. The number of hydrogen-bond donors (Lipinski definition) is 1. The maximum Gasteiger partial charge on any atom is 0.235 e.